The zero-order chi connectivity index (χ0) is 7.84. The summed E-state index contributed by atoms with van der Waals surface area (Å²) in [6.07, 6.45) is 1.40. The quantitative estimate of drug-likeness (QED) is 0.633. The van der Waals surface area contributed by atoms with E-state index in [1.54, 1.807) is 16.5 Å². The van der Waals surface area contributed by atoms with Crippen LogP contribution >= 0.6 is 23.2 Å². The Bertz CT molecular complexity index is 396. The summed E-state index contributed by atoms with van der Waals surface area (Å²) in [5, 5.41) is 0.843. The molecule has 0 atom stereocenters. The zero-order valence-corrected chi connectivity index (χ0v) is 6.84. The van der Waals surface area contributed by atoms with E-state index in [9.17, 15) is 0 Å². The lowest BCUT2D eigenvalue weighted by atomic mass is 10.6. The minimum absolute atomic E-state index is 0.324. The number of hydrogen-bond acceptors (Lipinski definition) is 2. The Morgan fingerprint density at radius 1 is 1.18 bits per heavy atom. The smallest absolute Gasteiger partial charge is 0.211 e. The predicted octanol–water partition coefficient (Wildman–Crippen LogP) is 2.04. The molecule has 2 aromatic rings. The lowest BCUT2D eigenvalue weighted by Gasteiger charge is -1.95. The van der Waals surface area contributed by atoms with Crippen molar-refractivity contribution < 1.29 is 0 Å². The molecule has 5 heteroatoms. The molecular weight excluding hydrogens is 185 g/mol. The first-order chi connectivity index (χ1) is 5.29. The highest BCUT2D eigenvalue weighted by Gasteiger charge is 2.02. The van der Waals surface area contributed by atoms with Gasteiger partial charge >= 0.3 is 0 Å². The topological polar surface area (TPSA) is 30.2 Å². The van der Waals surface area contributed by atoms with Crippen molar-refractivity contribution in [2.75, 3.05) is 0 Å². The Balaban J connectivity index is 2.96. The molecule has 0 aliphatic rings. The lowest BCUT2D eigenvalue weighted by Crippen LogP contribution is -1.91. The van der Waals surface area contributed by atoms with Gasteiger partial charge in [0.2, 0.25) is 5.28 Å². The third-order valence-electron chi connectivity index (χ3n) is 1.35. The molecule has 0 aliphatic carbocycles. The van der Waals surface area contributed by atoms with Gasteiger partial charge in [0.1, 0.15) is 17.1 Å². The van der Waals surface area contributed by atoms with Gasteiger partial charge in [0.15, 0.2) is 0 Å². The summed E-state index contributed by atoms with van der Waals surface area (Å²) < 4.78 is 1.56. The van der Waals surface area contributed by atoms with Gasteiger partial charge in [-0.05, 0) is 23.7 Å². The fourth-order valence-corrected chi connectivity index (χ4v) is 1.37. The van der Waals surface area contributed by atoms with Crippen molar-refractivity contribution in [1.29, 1.82) is 0 Å². The fraction of sp³-hybridized carbons (Fsp3) is 0. The summed E-state index contributed by atoms with van der Waals surface area (Å²) >= 11 is 11.5. The van der Waals surface area contributed by atoms with Crippen molar-refractivity contribution >= 4 is 28.8 Å². The lowest BCUT2D eigenvalue weighted by molar-refractivity contribution is 1.03. The highest BCUT2D eigenvalue weighted by atomic mass is 35.5. The predicted molar refractivity (Wildman–Crippen MR) is 43.0 cm³/mol. The first-order valence-corrected chi connectivity index (χ1v) is 3.68. The largest absolute Gasteiger partial charge is 0.258 e. The Hall–Kier alpha value is -0.800. The van der Waals surface area contributed by atoms with Crippen LogP contribution in [0.25, 0.3) is 5.65 Å². The molecule has 0 aliphatic heterocycles. The molecule has 2 rings (SSSR count). The minimum atomic E-state index is 0.324. The van der Waals surface area contributed by atoms with E-state index in [0.29, 0.717) is 16.1 Å². The van der Waals surface area contributed by atoms with Gasteiger partial charge in [0.05, 0.1) is 0 Å². The molecule has 0 bridgehead atoms. The standard InChI is InChI=1S/C6H3Cl2N3/c7-4-1-2-5-9-3-10-6(8)11(4)5/h1-3H. The van der Waals surface area contributed by atoms with E-state index >= 15 is 0 Å². The summed E-state index contributed by atoms with van der Waals surface area (Å²) in [5.41, 5.74) is 0.704. The molecule has 2 heterocycles. The average Bonchev–Trinajstić information content (AvgIpc) is 2.34. The molecule has 0 radical (unpaired) electrons. The van der Waals surface area contributed by atoms with Gasteiger partial charge in [-0.25, -0.2) is 9.97 Å². The van der Waals surface area contributed by atoms with Crippen LogP contribution in [0.2, 0.25) is 10.4 Å². The van der Waals surface area contributed by atoms with Crippen molar-refractivity contribution in [3.8, 4) is 0 Å². The molecule has 0 unspecified atom stereocenters. The number of aromatic nitrogens is 3. The maximum absolute atomic E-state index is 5.78. The van der Waals surface area contributed by atoms with E-state index in [2.05, 4.69) is 9.97 Å². The number of rotatable bonds is 0. The van der Waals surface area contributed by atoms with Gasteiger partial charge in [-0.3, -0.25) is 4.40 Å². The van der Waals surface area contributed by atoms with Crippen molar-refractivity contribution in [2.24, 2.45) is 0 Å². The summed E-state index contributed by atoms with van der Waals surface area (Å²) in [4.78, 5) is 7.72. The molecule has 0 N–H and O–H groups in total. The Morgan fingerprint density at radius 3 is 2.73 bits per heavy atom. The van der Waals surface area contributed by atoms with Crippen molar-refractivity contribution in [3.63, 3.8) is 0 Å². The van der Waals surface area contributed by atoms with Crippen LogP contribution in [-0.4, -0.2) is 14.4 Å². The van der Waals surface area contributed by atoms with Crippen LogP contribution in [0.4, 0.5) is 0 Å². The fourth-order valence-electron chi connectivity index (χ4n) is 0.879. The van der Waals surface area contributed by atoms with Crippen LogP contribution in [0.1, 0.15) is 0 Å². The maximum atomic E-state index is 5.78. The summed E-state index contributed by atoms with van der Waals surface area (Å²) in [5.74, 6) is 0. The summed E-state index contributed by atoms with van der Waals surface area (Å²) in [6.45, 7) is 0. The highest BCUT2D eigenvalue weighted by molar-refractivity contribution is 6.32. The number of nitrogens with zero attached hydrogens (tertiary/aromatic N) is 3. The maximum Gasteiger partial charge on any atom is 0.211 e. The van der Waals surface area contributed by atoms with Gasteiger partial charge in [0.25, 0.3) is 0 Å². The molecule has 0 fully saturated rings. The van der Waals surface area contributed by atoms with Crippen molar-refractivity contribution in [2.45, 2.75) is 0 Å². The second kappa shape index (κ2) is 2.36. The van der Waals surface area contributed by atoms with Crippen LogP contribution in [0.5, 0.6) is 0 Å². The number of halogens is 2. The average molecular weight is 188 g/mol. The number of fused-ring (bicyclic) bond motifs is 1. The Labute approximate surface area is 72.6 Å². The van der Waals surface area contributed by atoms with E-state index < -0.39 is 0 Å². The van der Waals surface area contributed by atoms with Gasteiger partial charge < -0.3 is 0 Å². The molecule has 3 nitrogen and oxygen atoms in total. The summed E-state index contributed by atoms with van der Waals surface area (Å²) in [6, 6.07) is 3.49. The first kappa shape index (κ1) is 6.88. The first-order valence-electron chi connectivity index (χ1n) is 2.92. The zero-order valence-electron chi connectivity index (χ0n) is 5.33. The van der Waals surface area contributed by atoms with Gasteiger partial charge in [-0.15, -0.1) is 0 Å². The molecule has 0 saturated heterocycles. The molecule has 0 saturated carbocycles. The second-order valence-corrected chi connectivity index (χ2v) is 2.72. The van der Waals surface area contributed by atoms with Crippen LogP contribution < -0.4 is 0 Å². The van der Waals surface area contributed by atoms with E-state index in [0.717, 1.165) is 0 Å². The van der Waals surface area contributed by atoms with E-state index in [-0.39, 0.29) is 0 Å². The van der Waals surface area contributed by atoms with Gasteiger partial charge in [0, 0.05) is 0 Å². The molecule has 2 aromatic heterocycles. The van der Waals surface area contributed by atoms with E-state index in [1.807, 2.05) is 0 Å². The van der Waals surface area contributed by atoms with Crippen molar-refractivity contribution in [1.82, 2.24) is 14.4 Å². The molecule has 0 spiro atoms. The Morgan fingerprint density at radius 2 is 2.00 bits per heavy atom. The molecule has 0 amide bonds. The third-order valence-corrected chi connectivity index (χ3v) is 1.91. The van der Waals surface area contributed by atoms with Crippen LogP contribution in [0, 0.1) is 0 Å². The van der Waals surface area contributed by atoms with Gasteiger partial charge in [-0.1, -0.05) is 11.6 Å². The second-order valence-electron chi connectivity index (χ2n) is 1.99. The van der Waals surface area contributed by atoms with E-state index in [4.69, 9.17) is 23.2 Å². The van der Waals surface area contributed by atoms with E-state index in [1.165, 1.54) is 6.33 Å². The van der Waals surface area contributed by atoms with Crippen LogP contribution in [0.3, 0.4) is 0 Å². The minimum Gasteiger partial charge on any atom is -0.258 e. The highest BCUT2D eigenvalue weighted by Crippen LogP contribution is 2.16. The molecular formula is C6H3Cl2N3. The molecule has 11 heavy (non-hydrogen) atoms. The van der Waals surface area contributed by atoms with Crippen molar-refractivity contribution in [3.05, 3.63) is 28.9 Å². The van der Waals surface area contributed by atoms with Gasteiger partial charge in [-0.2, -0.15) is 0 Å². The SMILES string of the molecule is Clc1ccc2ncnc(Cl)n12. The summed E-state index contributed by atoms with van der Waals surface area (Å²) in [7, 11) is 0. The molecule has 56 valence electrons. The van der Waals surface area contributed by atoms with Crippen LogP contribution in [0.15, 0.2) is 18.5 Å². The molecule has 0 aromatic carbocycles. The monoisotopic (exact) mass is 187 g/mol. The van der Waals surface area contributed by atoms with Crippen LogP contribution in [-0.2, 0) is 0 Å². The Kier molecular flexibility index (Phi) is 1.47. The number of hydrogen-bond donors (Lipinski definition) is 0. The normalized spacial score (nSPS) is 10.7. The third kappa shape index (κ3) is 0.968.